The van der Waals surface area contributed by atoms with Gasteiger partial charge in [-0.3, -0.25) is 9.79 Å². The molecular weight excluding hydrogens is 502 g/mol. The van der Waals surface area contributed by atoms with Crippen molar-refractivity contribution in [1.82, 2.24) is 0 Å². The van der Waals surface area contributed by atoms with Crippen LogP contribution in [-0.2, 0) is 10.7 Å². The van der Waals surface area contributed by atoms with Gasteiger partial charge >= 0.3 is 0 Å². The van der Waals surface area contributed by atoms with E-state index in [1.165, 1.54) is 12.1 Å². The van der Waals surface area contributed by atoms with Crippen LogP contribution in [0.1, 0.15) is 70.1 Å². The Morgan fingerprint density at radius 1 is 1.23 bits per heavy atom. The lowest BCUT2D eigenvalue weighted by molar-refractivity contribution is -0.115. The number of halogens is 2. The molecule has 3 rings (SSSR count). The fourth-order valence-corrected chi connectivity index (χ4v) is 4.46. The van der Waals surface area contributed by atoms with Crippen molar-refractivity contribution in [1.29, 1.82) is 5.26 Å². The largest absolute Gasteiger partial charge is 0.297 e. The Morgan fingerprint density at radius 3 is 2.42 bits per heavy atom. The standard InChI is InChI=1S/C26H29F2NO.C9H7N.H2/c1-7-10-24(30)23-16-22(17(3)13-14-29-6)18(4)25(21(23)8-2)19-11-9-12-20(15-19)26(5,27)28;1-2-8-3-5-9(7-10)6-4-8;/h9,11-16,25H,2,7,10H2,1,3-6H3;2-6H,1H2;1H/b17-13+,29-14?;;. The summed E-state index contributed by atoms with van der Waals surface area (Å²) in [5.41, 5.74) is 9.32. The highest BCUT2D eigenvalue weighted by molar-refractivity contribution is 6.01. The summed E-state index contributed by atoms with van der Waals surface area (Å²) in [5.74, 6) is -3.32. The molecule has 0 bridgehead atoms. The molecular formula is C35H38F2N2O. The SMILES string of the molecule is C=C=C1C(C(=O)CCC)=CC(/C(C)=C/C=NC)=C(C)C1c1cccc(C(C)(F)F)c1.C=Cc1ccc(C#N)cc1.[HH]. The van der Waals surface area contributed by atoms with Gasteiger partial charge in [-0.1, -0.05) is 62.1 Å². The van der Waals surface area contributed by atoms with Gasteiger partial charge in [0.2, 0.25) is 0 Å². The fraction of sp³-hybridized carbons (Fsp3) is 0.257. The van der Waals surface area contributed by atoms with Gasteiger partial charge in [-0.25, -0.2) is 8.78 Å². The molecule has 0 N–H and O–H groups in total. The van der Waals surface area contributed by atoms with Gasteiger partial charge in [-0.2, -0.15) is 5.26 Å². The normalized spacial score (nSPS) is 15.6. The molecule has 5 heteroatoms. The van der Waals surface area contributed by atoms with Crippen LogP contribution < -0.4 is 0 Å². The summed E-state index contributed by atoms with van der Waals surface area (Å²) in [6.45, 7) is 14.2. The predicted molar refractivity (Wildman–Crippen MR) is 164 cm³/mol. The Balaban J connectivity index is 0.000000644. The second kappa shape index (κ2) is 14.7. The Hall–Kier alpha value is -4.39. The first kappa shape index (κ1) is 31.8. The smallest absolute Gasteiger partial charge is 0.270 e. The van der Waals surface area contributed by atoms with Crippen molar-refractivity contribution < 1.29 is 15.0 Å². The monoisotopic (exact) mass is 540 g/mol. The van der Waals surface area contributed by atoms with E-state index in [-0.39, 0.29) is 18.7 Å². The average molecular weight is 541 g/mol. The number of Topliss-reactive ketones (excluding diaryl/α,β-unsaturated/α-hetero) is 1. The van der Waals surface area contributed by atoms with Gasteiger partial charge in [0.05, 0.1) is 11.6 Å². The Labute approximate surface area is 238 Å². The number of hydrogen-bond donors (Lipinski definition) is 0. The number of ketones is 1. The molecule has 0 aromatic heterocycles. The first-order valence-corrected chi connectivity index (χ1v) is 13.1. The van der Waals surface area contributed by atoms with Crippen molar-refractivity contribution in [2.24, 2.45) is 4.99 Å². The topological polar surface area (TPSA) is 53.2 Å². The summed E-state index contributed by atoms with van der Waals surface area (Å²) >= 11 is 0. The van der Waals surface area contributed by atoms with Crippen molar-refractivity contribution in [3.05, 3.63) is 130 Å². The maximum absolute atomic E-state index is 14.0. The maximum atomic E-state index is 14.0. The summed E-state index contributed by atoms with van der Waals surface area (Å²) in [5, 5.41) is 8.43. The van der Waals surface area contributed by atoms with E-state index >= 15 is 0 Å². The van der Waals surface area contributed by atoms with Crippen LogP contribution in [0.5, 0.6) is 0 Å². The molecule has 0 radical (unpaired) electrons. The van der Waals surface area contributed by atoms with Crippen LogP contribution in [-0.4, -0.2) is 19.0 Å². The molecule has 3 nitrogen and oxygen atoms in total. The molecule has 0 fully saturated rings. The Morgan fingerprint density at radius 2 is 1.90 bits per heavy atom. The predicted octanol–water partition coefficient (Wildman–Crippen LogP) is 9.31. The molecule has 0 spiro atoms. The number of nitrogens with zero attached hydrogens (tertiary/aromatic N) is 2. The minimum atomic E-state index is -2.95. The first-order chi connectivity index (χ1) is 19.0. The van der Waals surface area contributed by atoms with Crippen LogP contribution in [0, 0.1) is 11.3 Å². The third-order valence-corrected chi connectivity index (χ3v) is 6.59. The zero-order valence-electron chi connectivity index (χ0n) is 23.9. The van der Waals surface area contributed by atoms with Crippen LogP contribution in [0.15, 0.2) is 112 Å². The van der Waals surface area contributed by atoms with E-state index < -0.39 is 5.92 Å². The molecule has 0 saturated carbocycles. The summed E-state index contributed by atoms with van der Waals surface area (Å²) in [7, 11) is 1.69. The number of nitriles is 1. The van der Waals surface area contributed by atoms with E-state index in [9.17, 15) is 13.6 Å². The molecule has 2 aromatic carbocycles. The van der Waals surface area contributed by atoms with Crippen molar-refractivity contribution in [2.45, 2.75) is 52.4 Å². The molecule has 0 saturated heterocycles. The molecule has 1 atom stereocenters. The Bertz CT molecular complexity index is 1460. The zero-order valence-corrected chi connectivity index (χ0v) is 23.9. The lowest BCUT2D eigenvalue weighted by Gasteiger charge is -2.29. The number of alkyl halides is 2. The van der Waals surface area contributed by atoms with Gasteiger partial charge < -0.3 is 0 Å². The highest BCUT2D eigenvalue weighted by Crippen LogP contribution is 2.44. The Kier molecular flexibility index (Phi) is 11.7. The highest BCUT2D eigenvalue weighted by Gasteiger charge is 2.32. The fourth-order valence-electron chi connectivity index (χ4n) is 4.46. The minimum absolute atomic E-state index is 0. The van der Waals surface area contributed by atoms with Gasteiger partial charge in [-0.05, 0) is 72.9 Å². The van der Waals surface area contributed by atoms with Crippen LogP contribution in [0.4, 0.5) is 8.78 Å². The van der Waals surface area contributed by atoms with E-state index in [0.29, 0.717) is 28.7 Å². The maximum Gasteiger partial charge on any atom is 0.270 e. The van der Waals surface area contributed by atoms with Crippen LogP contribution >= 0.6 is 0 Å². The molecule has 40 heavy (non-hydrogen) atoms. The number of carbonyl (C=O) groups is 1. The summed E-state index contributed by atoms with van der Waals surface area (Å²) < 4.78 is 28.0. The number of hydrogen-bond acceptors (Lipinski definition) is 3. The summed E-state index contributed by atoms with van der Waals surface area (Å²) in [6, 6.07) is 15.7. The van der Waals surface area contributed by atoms with Gasteiger partial charge in [-0.15, -0.1) is 5.73 Å². The second-order valence-corrected chi connectivity index (χ2v) is 9.56. The molecule has 1 unspecified atom stereocenters. The van der Waals surface area contributed by atoms with Gasteiger partial charge in [0.15, 0.2) is 5.78 Å². The molecule has 0 aliphatic heterocycles. The van der Waals surface area contributed by atoms with Crippen LogP contribution in [0.25, 0.3) is 6.08 Å². The highest BCUT2D eigenvalue weighted by atomic mass is 19.3. The van der Waals surface area contributed by atoms with Gasteiger partial charge in [0, 0.05) is 50.7 Å². The third kappa shape index (κ3) is 8.06. The van der Waals surface area contributed by atoms with Crippen LogP contribution in [0.2, 0.25) is 0 Å². The summed E-state index contributed by atoms with van der Waals surface area (Å²) in [4.78, 5) is 16.9. The van der Waals surface area contributed by atoms with Crippen molar-refractivity contribution in [2.75, 3.05) is 7.05 Å². The molecule has 1 aliphatic carbocycles. The lowest BCUT2D eigenvalue weighted by atomic mass is 9.73. The summed E-state index contributed by atoms with van der Waals surface area (Å²) in [6.07, 6.45) is 8.34. The minimum Gasteiger partial charge on any atom is -0.297 e. The number of allylic oxidation sites excluding steroid dienone is 7. The number of aliphatic imine (C=N–C) groups is 1. The van der Waals surface area contributed by atoms with E-state index in [2.05, 4.69) is 23.9 Å². The molecule has 0 heterocycles. The lowest BCUT2D eigenvalue weighted by Crippen LogP contribution is -2.18. The van der Waals surface area contributed by atoms with E-state index in [0.717, 1.165) is 35.6 Å². The van der Waals surface area contributed by atoms with E-state index in [1.807, 2.05) is 57.2 Å². The third-order valence-electron chi connectivity index (χ3n) is 6.59. The number of benzene rings is 2. The molecule has 208 valence electrons. The average Bonchev–Trinajstić information content (AvgIpc) is 2.95. The number of rotatable bonds is 8. The molecule has 0 amide bonds. The molecule has 1 aliphatic rings. The van der Waals surface area contributed by atoms with Gasteiger partial charge in [0.1, 0.15) is 0 Å². The van der Waals surface area contributed by atoms with E-state index in [1.54, 1.807) is 37.5 Å². The second-order valence-electron chi connectivity index (χ2n) is 9.56. The first-order valence-electron chi connectivity index (χ1n) is 13.1. The number of carbonyl (C=O) groups excluding carboxylic acids is 1. The molecule has 2 aromatic rings. The van der Waals surface area contributed by atoms with Gasteiger partial charge in [0.25, 0.3) is 5.92 Å². The van der Waals surface area contributed by atoms with Crippen molar-refractivity contribution in [3.8, 4) is 6.07 Å². The quantitative estimate of drug-likeness (QED) is 0.247. The van der Waals surface area contributed by atoms with Crippen molar-refractivity contribution in [3.63, 3.8) is 0 Å². The van der Waals surface area contributed by atoms with Crippen molar-refractivity contribution >= 4 is 18.1 Å². The zero-order chi connectivity index (χ0) is 29.9. The van der Waals surface area contributed by atoms with Crippen LogP contribution in [0.3, 0.4) is 0 Å². The van der Waals surface area contributed by atoms with E-state index in [4.69, 9.17) is 5.26 Å².